The van der Waals surface area contributed by atoms with Crippen molar-refractivity contribution in [3.05, 3.63) is 63.2 Å². The smallest absolute Gasteiger partial charge is 0.141 e. The minimum absolute atomic E-state index is 0. The average Bonchev–Trinajstić information content (AvgIpc) is 2.95. The second-order valence-electron chi connectivity index (χ2n) is 3.69. The first kappa shape index (κ1) is 19.2. The Kier molecular flexibility index (Phi) is 10.6. The van der Waals surface area contributed by atoms with Crippen molar-refractivity contribution < 1.29 is 9.59 Å². The third-order valence-electron chi connectivity index (χ3n) is 2.55. The number of Topliss-reactive ketones (excluding diaryl/α,β-unsaturated/α-hetero) is 2. The average molecular weight is 621 g/mol. The summed E-state index contributed by atoms with van der Waals surface area (Å²) in [7, 11) is 0. The zero-order valence-electron chi connectivity index (χ0n) is 10.0. The Bertz CT molecular complexity index is 239. The molecule has 2 aliphatic rings. The van der Waals surface area contributed by atoms with E-state index in [9.17, 15) is 9.59 Å². The third-order valence-corrected chi connectivity index (χ3v) is 2.55. The van der Waals surface area contributed by atoms with Crippen LogP contribution in [0.2, 0.25) is 0 Å². The molecule has 2 fully saturated rings. The van der Waals surface area contributed by atoms with Crippen molar-refractivity contribution in [1.82, 2.24) is 0 Å². The van der Waals surface area contributed by atoms with E-state index >= 15 is 0 Å². The van der Waals surface area contributed by atoms with Gasteiger partial charge in [0.15, 0.2) is 0 Å². The molecule has 2 nitrogen and oxygen atoms in total. The van der Waals surface area contributed by atoms with E-state index in [-0.39, 0.29) is 79.0 Å². The molecule has 0 saturated heterocycles. The fourth-order valence-corrected chi connectivity index (χ4v) is 1.64. The summed E-state index contributed by atoms with van der Waals surface area (Å²) in [5.41, 5.74) is 0. The van der Waals surface area contributed by atoms with E-state index in [2.05, 4.69) is 0 Å². The van der Waals surface area contributed by atoms with Gasteiger partial charge in [-0.15, -0.1) is 0 Å². The van der Waals surface area contributed by atoms with Crippen molar-refractivity contribution in [3.63, 3.8) is 0 Å². The van der Waals surface area contributed by atoms with Crippen molar-refractivity contribution in [3.8, 4) is 0 Å². The molecule has 0 aromatic rings. The van der Waals surface area contributed by atoms with Crippen molar-refractivity contribution in [2.75, 3.05) is 0 Å². The maximum absolute atomic E-state index is 11.6. The van der Waals surface area contributed by atoms with Crippen LogP contribution >= 0.6 is 0 Å². The van der Waals surface area contributed by atoms with Crippen molar-refractivity contribution in [2.45, 2.75) is 12.8 Å². The van der Waals surface area contributed by atoms with Gasteiger partial charge in [-0.25, -0.2) is 0 Å². The first-order valence-corrected chi connectivity index (χ1v) is 5.27. The summed E-state index contributed by atoms with van der Waals surface area (Å²) >= 11 is 0. The fourth-order valence-electron chi connectivity index (χ4n) is 1.64. The molecule has 2 rings (SSSR count). The minimum Gasteiger partial charge on any atom is -0.299 e. The van der Waals surface area contributed by atoms with Crippen molar-refractivity contribution >= 4 is 66.2 Å². The van der Waals surface area contributed by atoms with Crippen LogP contribution in [0.3, 0.4) is 0 Å². The number of rotatable bonds is 5. The molecule has 0 aliphatic heterocycles. The normalized spacial score (nSPS) is 20.2. The van der Waals surface area contributed by atoms with E-state index < -0.39 is 0 Å². The van der Waals surface area contributed by atoms with E-state index in [0.717, 1.165) is 0 Å². The monoisotopic (exact) mass is 622 g/mol. The van der Waals surface area contributed by atoms with Gasteiger partial charge in [-0.1, -0.05) is 0 Å². The molecule has 86 valence electrons. The quantitative estimate of drug-likeness (QED) is 0.430. The first-order chi connectivity index (χ1) is 7.77. The Hall–Kier alpha value is 1.18. The molecular weight excluding hydrogens is 609 g/mol. The fraction of sp³-hybridized carbons (Fsp3) is 0.143. The van der Waals surface area contributed by atoms with Gasteiger partial charge in [0.2, 0.25) is 0 Å². The van der Waals surface area contributed by atoms with Crippen LogP contribution in [0.1, 0.15) is 12.8 Å². The molecule has 0 atom stereocenters. The predicted molar refractivity (Wildman–Crippen MR) is 71.6 cm³/mol. The molecule has 0 heterocycles. The van der Waals surface area contributed by atoms with Gasteiger partial charge in [0.05, 0.1) is 0 Å². The third kappa shape index (κ3) is 5.67. The Morgan fingerprint density at radius 3 is 1.22 bits per heavy atom. The van der Waals surface area contributed by atoms with Crippen LogP contribution in [0.4, 0.5) is 0 Å². The van der Waals surface area contributed by atoms with E-state index in [1.807, 2.05) is 25.7 Å². The van der Waals surface area contributed by atoms with Crippen molar-refractivity contribution in [1.29, 1.82) is 0 Å². The van der Waals surface area contributed by atoms with Crippen LogP contribution in [0.15, 0.2) is 0 Å². The molecule has 4 heteroatoms. The van der Waals surface area contributed by atoms with Gasteiger partial charge >= 0.3 is 0 Å². The molecule has 0 spiro atoms. The van der Waals surface area contributed by atoms with Crippen molar-refractivity contribution in [2.24, 2.45) is 0 Å². The van der Waals surface area contributed by atoms with Gasteiger partial charge < -0.3 is 0 Å². The zero-order chi connectivity index (χ0) is 11.4. The maximum atomic E-state index is 11.6. The van der Waals surface area contributed by atoms with Crippen LogP contribution in [0, 0.1) is 63.2 Å². The second kappa shape index (κ2) is 9.99. The standard InChI is InChI=1S/C14H12O2.2Tl/c15-13(11-5-1-2-6-11)9-10-14(16)12-7-3-4-8-12;;/h1-8H,9-10H2;;. The van der Waals surface area contributed by atoms with E-state index in [0.29, 0.717) is 11.8 Å². The Morgan fingerprint density at radius 1 is 0.667 bits per heavy atom. The maximum Gasteiger partial charge on any atom is 0.141 e. The summed E-state index contributed by atoms with van der Waals surface area (Å²) in [6, 6.07) is 0. The largest absolute Gasteiger partial charge is 0.299 e. The Morgan fingerprint density at radius 2 is 0.944 bits per heavy atom. The molecule has 2 aliphatic carbocycles. The SMILES string of the molecule is O=C(CCC(=O)[C]1[CH][CH][CH][CH]1)[C]1[CH][CH][CH][CH]1.[Tl].[Tl]. The van der Waals surface area contributed by atoms with Crippen LogP contribution in [-0.2, 0) is 9.59 Å². The van der Waals surface area contributed by atoms with Gasteiger partial charge in [-0.2, -0.15) is 0 Å². The first-order valence-electron chi connectivity index (χ1n) is 5.27. The molecule has 0 N–H and O–H groups in total. The van der Waals surface area contributed by atoms with E-state index in [1.54, 1.807) is 25.7 Å². The van der Waals surface area contributed by atoms with E-state index in [1.165, 1.54) is 0 Å². The zero-order valence-corrected chi connectivity index (χ0v) is 19.0. The summed E-state index contributed by atoms with van der Waals surface area (Å²) in [5, 5.41) is 0. The molecule has 12 radical (unpaired) electrons. The molecule has 0 unspecified atom stereocenters. The van der Waals surface area contributed by atoms with E-state index in [4.69, 9.17) is 0 Å². The molecule has 0 aromatic heterocycles. The van der Waals surface area contributed by atoms with Crippen LogP contribution in [0.25, 0.3) is 0 Å². The molecule has 0 bridgehead atoms. The molecule has 18 heavy (non-hydrogen) atoms. The number of hydrogen-bond acceptors (Lipinski definition) is 2. The van der Waals surface area contributed by atoms with Crippen LogP contribution < -0.4 is 0 Å². The second-order valence-corrected chi connectivity index (χ2v) is 3.69. The van der Waals surface area contributed by atoms with Crippen LogP contribution in [-0.4, -0.2) is 66.2 Å². The molecule has 0 aromatic carbocycles. The summed E-state index contributed by atoms with van der Waals surface area (Å²) in [6.07, 6.45) is 15.0. The van der Waals surface area contributed by atoms with Gasteiger partial charge in [-0.3, -0.25) is 9.59 Å². The predicted octanol–water partition coefficient (Wildman–Crippen LogP) is 0.954. The molecule has 2 saturated carbocycles. The number of hydrogen-bond donors (Lipinski definition) is 0. The minimum atomic E-state index is 0. The molecular formula is C14H12O2Tl2. The summed E-state index contributed by atoms with van der Waals surface area (Å²) < 4.78 is 0. The van der Waals surface area contributed by atoms with Crippen LogP contribution in [0.5, 0.6) is 0 Å². The summed E-state index contributed by atoms with van der Waals surface area (Å²) in [5.74, 6) is 1.44. The summed E-state index contributed by atoms with van der Waals surface area (Å²) in [6.45, 7) is 0. The topological polar surface area (TPSA) is 34.1 Å². The van der Waals surface area contributed by atoms with Gasteiger partial charge in [0.25, 0.3) is 0 Å². The van der Waals surface area contributed by atoms with Gasteiger partial charge in [-0.05, 0) is 51.4 Å². The number of ketones is 2. The van der Waals surface area contributed by atoms with Gasteiger partial charge in [0.1, 0.15) is 11.6 Å². The number of carbonyl (C=O) groups excluding carboxylic acids is 2. The number of carbonyl (C=O) groups is 2. The summed E-state index contributed by atoms with van der Waals surface area (Å²) in [4.78, 5) is 23.3. The molecule has 0 amide bonds. The Labute approximate surface area is 150 Å². The van der Waals surface area contributed by atoms with Gasteiger partial charge in [0, 0.05) is 79.3 Å². The Balaban J connectivity index is 0.00000144.